The second-order valence-corrected chi connectivity index (χ2v) is 3.74. The fraction of sp³-hybridized carbons (Fsp3) is 0.429. The lowest BCUT2D eigenvalue weighted by molar-refractivity contribution is 0.613. The quantitative estimate of drug-likeness (QED) is 0.686. The van der Waals surface area contributed by atoms with Gasteiger partial charge in [-0.3, -0.25) is 0 Å². The van der Waals surface area contributed by atoms with Crippen LogP contribution in [0.4, 0.5) is 0 Å². The molecule has 4 nitrogen and oxygen atoms in total. The van der Waals surface area contributed by atoms with Crippen LogP contribution in [0.2, 0.25) is 0 Å². The molecule has 1 rings (SSSR count). The summed E-state index contributed by atoms with van der Waals surface area (Å²) in [6.45, 7) is 3.90. The van der Waals surface area contributed by atoms with Gasteiger partial charge in [0.25, 0.3) is 0 Å². The first kappa shape index (κ1) is 9.12. The van der Waals surface area contributed by atoms with Crippen molar-refractivity contribution in [2.75, 3.05) is 0 Å². The predicted molar refractivity (Wildman–Crippen MR) is 44.7 cm³/mol. The van der Waals surface area contributed by atoms with Crippen molar-refractivity contribution in [2.45, 2.75) is 24.7 Å². The Kier molecular flexibility index (Phi) is 2.75. The van der Waals surface area contributed by atoms with Gasteiger partial charge >= 0.3 is 0 Å². The van der Waals surface area contributed by atoms with E-state index in [1.807, 2.05) is 13.8 Å². The molecule has 0 aliphatic carbocycles. The molecular formula is C7H10N2O2S. The molecule has 0 aliphatic rings. The summed E-state index contributed by atoms with van der Waals surface area (Å²) in [5.41, 5.74) is 0. The molecule has 0 aliphatic heterocycles. The Morgan fingerprint density at radius 3 is 2.08 bits per heavy atom. The fourth-order valence-electron chi connectivity index (χ4n) is 0.724. The maximum atomic E-state index is 10.4. The van der Waals surface area contributed by atoms with Gasteiger partial charge in [-0.25, -0.2) is 18.4 Å². The van der Waals surface area contributed by atoms with Gasteiger partial charge in [-0.15, -0.1) is 0 Å². The third kappa shape index (κ3) is 2.01. The topological polar surface area (TPSA) is 59.9 Å². The summed E-state index contributed by atoms with van der Waals surface area (Å²) in [6, 6.07) is 0. The average molecular weight is 186 g/mol. The minimum atomic E-state index is -2.55. The van der Waals surface area contributed by atoms with Gasteiger partial charge in [-0.1, -0.05) is 13.8 Å². The Labute approximate surface area is 72.6 Å². The molecular weight excluding hydrogens is 176 g/mol. The van der Waals surface area contributed by atoms with E-state index in [2.05, 4.69) is 9.97 Å². The number of hydrogen-bond donors (Lipinski definition) is 1. The van der Waals surface area contributed by atoms with Crippen LogP contribution in [0.5, 0.6) is 0 Å². The number of thiol groups is 1. The minimum absolute atomic E-state index is 0.161. The third-order valence-corrected chi connectivity index (χ3v) is 2.04. The lowest BCUT2D eigenvalue weighted by atomic mass is 10.2. The zero-order valence-corrected chi connectivity index (χ0v) is 7.78. The van der Waals surface area contributed by atoms with E-state index in [0.717, 1.165) is 0 Å². The molecule has 0 N–H and O–H groups in total. The van der Waals surface area contributed by atoms with Gasteiger partial charge < -0.3 is 0 Å². The van der Waals surface area contributed by atoms with Crippen LogP contribution < -0.4 is 0 Å². The van der Waals surface area contributed by atoms with E-state index in [0.29, 0.717) is 5.82 Å². The lowest BCUT2D eigenvalue weighted by Crippen LogP contribution is -1.97. The van der Waals surface area contributed by atoms with Crippen LogP contribution in [0.15, 0.2) is 17.3 Å². The summed E-state index contributed by atoms with van der Waals surface area (Å²) in [4.78, 5) is 7.97. The molecule has 0 aromatic carbocycles. The average Bonchev–Trinajstić information content (AvgIpc) is 2.04. The van der Waals surface area contributed by atoms with Crippen LogP contribution in [0.3, 0.4) is 0 Å². The van der Waals surface area contributed by atoms with Crippen molar-refractivity contribution < 1.29 is 8.42 Å². The largest absolute Gasteiger partial charge is 0.240 e. The summed E-state index contributed by atoms with van der Waals surface area (Å²) in [5.74, 6) is 0.888. The van der Waals surface area contributed by atoms with Gasteiger partial charge in [-0.05, 0) is 0 Å². The van der Waals surface area contributed by atoms with Crippen LogP contribution in [0.1, 0.15) is 25.6 Å². The molecule has 66 valence electrons. The SMILES string of the molecule is CC(C)c1ncc([SH](=O)=O)cn1. The maximum Gasteiger partial charge on any atom is 0.171 e. The zero-order chi connectivity index (χ0) is 9.14. The van der Waals surface area contributed by atoms with E-state index in [1.54, 1.807) is 0 Å². The molecule has 0 saturated heterocycles. The third-order valence-electron chi connectivity index (χ3n) is 1.39. The molecule has 1 heterocycles. The number of rotatable bonds is 2. The van der Waals surface area contributed by atoms with Gasteiger partial charge in [-0.2, -0.15) is 0 Å². The van der Waals surface area contributed by atoms with Crippen LogP contribution >= 0.6 is 0 Å². The van der Waals surface area contributed by atoms with E-state index in [1.165, 1.54) is 12.4 Å². The van der Waals surface area contributed by atoms with Crippen LogP contribution in [0.25, 0.3) is 0 Å². The molecule has 0 spiro atoms. The molecule has 0 amide bonds. The molecule has 12 heavy (non-hydrogen) atoms. The van der Waals surface area contributed by atoms with Gasteiger partial charge in [0.15, 0.2) is 10.7 Å². The summed E-state index contributed by atoms with van der Waals surface area (Å²) in [5, 5.41) is 0. The highest BCUT2D eigenvalue weighted by Crippen LogP contribution is 2.07. The summed E-state index contributed by atoms with van der Waals surface area (Å²) >= 11 is 0. The Morgan fingerprint density at radius 1 is 1.25 bits per heavy atom. The van der Waals surface area contributed by atoms with E-state index in [-0.39, 0.29) is 10.8 Å². The molecule has 0 atom stereocenters. The normalized spacial score (nSPS) is 11.0. The molecule has 0 unspecified atom stereocenters. The summed E-state index contributed by atoms with van der Waals surface area (Å²) < 4.78 is 20.9. The molecule has 0 radical (unpaired) electrons. The first-order valence-electron chi connectivity index (χ1n) is 3.57. The van der Waals surface area contributed by atoms with Crippen LogP contribution in [0, 0.1) is 0 Å². The van der Waals surface area contributed by atoms with Crippen LogP contribution in [-0.4, -0.2) is 18.4 Å². The van der Waals surface area contributed by atoms with E-state index < -0.39 is 10.7 Å². The zero-order valence-electron chi connectivity index (χ0n) is 6.89. The van der Waals surface area contributed by atoms with Crippen molar-refractivity contribution in [1.82, 2.24) is 9.97 Å². The van der Waals surface area contributed by atoms with E-state index in [4.69, 9.17) is 0 Å². The molecule has 0 bridgehead atoms. The number of nitrogens with zero attached hydrogens (tertiary/aromatic N) is 2. The molecule has 0 saturated carbocycles. The molecule has 5 heteroatoms. The standard InChI is InChI=1S/C7H10N2O2S/c1-5(2)7-8-3-6(4-9-7)12(10)11/h3-5,12H,1-2H3. The highest BCUT2D eigenvalue weighted by atomic mass is 32.2. The lowest BCUT2D eigenvalue weighted by Gasteiger charge is -2.00. The van der Waals surface area contributed by atoms with Crippen LogP contribution in [-0.2, 0) is 10.7 Å². The second kappa shape index (κ2) is 3.62. The van der Waals surface area contributed by atoms with Gasteiger partial charge in [0.05, 0.1) is 0 Å². The van der Waals surface area contributed by atoms with Crippen molar-refractivity contribution in [3.63, 3.8) is 0 Å². The first-order chi connectivity index (χ1) is 5.61. The van der Waals surface area contributed by atoms with Crippen molar-refractivity contribution in [3.8, 4) is 0 Å². The molecule has 1 aromatic heterocycles. The van der Waals surface area contributed by atoms with Gasteiger partial charge in [0.1, 0.15) is 10.7 Å². The van der Waals surface area contributed by atoms with Crippen molar-refractivity contribution >= 4 is 10.7 Å². The number of aromatic nitrogens is 2. The Balaban J connectivity index is 3.01. The number of hydrogen-bond acceptors (Lipinski definition) is 4. The highest BCUT2D eigenvalue weighted by Gasteiger charge is 2.02. The maximum absolute atomic E-state index is 10.4. The van der Waals surface area contributed by atoms with Crippen molar-refractivity contribution in [2.24, 2.45) is 0 Å². The summed E-state index contributed by atoms with van der Waals surface area (Å²) in [7, 11) is -2.55. The van der Waals surface area contributed by atoms with Crippen molar-refractivity contribution in [1.29, 1.82) is 0 Å². The molecule has 1 aromatic rings. The van der Waals surface area contributed by atoms with Crippen molar-refractivity contribution in [3.05, 3.63) is 18.2 Å². The van der Waals surface area contributed by atoms with E-state index >= 15 is 0 Å². The summed E-state index contributed by atoms with van der Waals surface area (Å²) in [6.07, 6.45) is 2.65. The monoisotopic (exact) mass is 186 g/mol. The minimum Gasteiger partial charge on any atom is -0.240 e. The highest BCUT2D eigenvalue weighted by molar-refractivity contribution is 7.72. The second-order valence-electron chi connectivity index (χ2n) is 2.71. The van der Waals surface area contributed by atoms with E-state index in [9.17, 15) is 8.42 Å². The molecule has 0 fully saturated rings. The Morgan fingerprint density at radius 2 is 1.75 bits per heavy atom. The Hall–Kier alpha value is -0.970. The Bertz CT molecular complexity index is 322. The smallest absolute Gasteiger partial charge is 0.171 e. The predicted octanol–water partition coefficient (Wildman–Crippen LogP) is 0.570. The van der Waals surface area contributed by atoms with Gasteiger partial charge in [0.2, 0.25) is 0 Å². The van der Waals surface area contributed by atoms with Gasteiger partial charge in [0, 0.05) is 18.3 Å². The fourth-order valence-corrected chi connectivity index (χ4v) is 1.03. The first-order valence-corrected chi connectivity index (χ1v) is 4.75.